The van der Waals surface area contributed by atoms with Crippen LogP contribution in [0, 0.1) is 0 Å². The highest BCUT2D eigenvalue weighted by atomic mass is 79.9. The number of carbonyl (C=O) groups excluding carboxylic acids is 2. The van der Waals surface area contributed by atoms with Crippen molar-refractivity contribution >= 4 is 33.4 Å². The molecule has 0 atom stereocenters. The lowest BCUT2D eigenvalue weighted by atomic mass is 10.3. The van der Waals surface area contributed by atoms with E-state index in [2.05, 4.69) is 31.9 Å². The number of para-hydroxylation sites is 1. The fourth-order valence-electron chi connectivity index (χ4n) is 1.54. The largest absolute Gasteiger partial charge is 0.383 e. The summed E-state index contributed by atoms with van der Waals surface area (Å²) in [5, 5.41) is 8.41. The lowest BCUT2D eigenvalue weighted by Gasteiger charge is -2.08. The summed E-state index contributed by atoms with van der Waals surface area (Å²) in [5.41, 5.74) is 0.724. The van der Waals surface area contributed by atoms with Gasteiger partial charge >= 0.3 is 0 Å². The summed E-state index contributed by atoms with van der Waals surface area (Å²) in [6, 6.07) is 7.39. The van der Waals surface area contributed by atoms with Crippen LogP contribution in [-0.4, -0.2) is 45.2 Å². The minimum Gasteiger partial charge on any atom is -0.383 e. The molecule has 0 aliphatic carbocycles. The molecule has 0 heterocycles. The van der Waals surface area contributed by atoms with Gasteiger partial charge in [0.25, 0.3) is 0 Å². The third-order valence-electron chi connectivity index (χ3n) is 2.59. The summed E-state index contributed by atoms with van der Waals surface area (Å²) in [4.78, 5) is 23.1. The number of amides is 2. The predicted molar refractivity (Wildman–Crippen MR) is 85.1 cm³/mol. The van der Waals surface area contributed by atoms with Crippen molar-refractivity contribution in [1.82, 2.24) is 10.6 Å². The molecule has 3 N–H and O–H groups in total. The number of nitrogens with one attached hydrogen (secondary N) is 3. The molecule has 0 saturated heterocycles. The van der Waals surface area contributed by atoms with Crippen molar-refractivity contribution in [2.24, 2.45) is 0 Å². The summed E-state index contributed by atoms with van der Waals surface area (Å²) in [5.74, 6) is -0.215. The van der Waals surface area contributed by atoms with E-state index in [0.29, 0.717) is 26.1 Å². The topological polar surface area (TPSA) is 79.5 Å². The van der Waals surface area contributed by atoms with Gasteiger partial charge in [-0.3, -0.25) is 9.59 Å². The number of halogens is 1. The lowest BCUT2D eigenvalue weighted by molar-refractivity contribution is -0.121. The van der Waals surface area contributed by atoms with Crippen molar-refractivity contribution in [2.75, 3.05) is 38.7 Å². The Morgan fingerprint density at radius 3 is 2.67 bits per heavy atom. The maximum atomic E-state index is 11.7. The SMILES string of the molecule is COCCNC(=O)CCNCC(=O)Nc1ccccc1Br. The summed E-state index contributed by atoms with van der Waals surface area (Å²) in [6.07, 6.45) is 0.325. The monoisotopic (exact) mass is 357 g/mol. The normalized spacial score (nSPS) is 10.2. The zero-order valence-corrected chi connectivity index (χ0v) is 13.5. The maximum Gasteiger partial charge on any atom is 0.238 e. The Morgan fingerprint density at radius 1 is 1.19 bits per heavy atom. The van der Waals surface area contributed by atoms with E-state index in [0.717, 1.165) is 10.2 Å². The van der Waals surface area contributed by atoms with Crippen LogP contribution in [0.3, 0.4) is 0 Å². The van der Waals surface area contributed by atoms with E-state index in [1.165, 1.54) is 0 Å². The Balaban J connectivity index is 2.14. The van der Waals surface area contributed by atoms with Crippen LogP contribution < -0.4 is 16.0 Å². The fraction of sp³-hybridized carbons (Fsp3) is 0.429. The molecule has 1 rings (SSSR count). The highest BCUT2D eigenvalue weighted by Gasteiger charge is 2.05. The Labute approximate surface area is 132 Å². The van der Waals surface area contributed by atoms with E-state index >= 15 is 0 Å². The maximum absolute atomic E-state index is 11.7. The van der Waals surface area contributed by atoms with E-state index in [4.69, 9.17) is 4.74 Å². The molecular formula is C14H20BrN3O3. The molecule has 0 aliphatic rings. The molecule has 1 aromatic rings. The van der Waals surface area contributed by atoms with Gasteiger partial charge in [-0.2, -0.15) is 0 Å². The molecule has 21 heavy (non-hydrogen) atoms. The van der Waals surface area contributed by atoms with Crippen LogP contribution in [-0.2, 0) is 14.3 Å². The van der Waals surface area contributed by atoms with Crippen molar-refractivity contribution in [3.05, 3.63) is 28.7 Å². The average Bonchev–Trinajstić information content (AvgIpc) is 2.46. The molecule has 1 aromatic carbocycles. The first-order valence-corrected chi connectivity index (χ1v) is 7.43. The van der Waals surface area contributed by atoms with Gasteiger partial charge in [-0.15, -0.1) is 0 Å². The number of ether oxygens (including phenoxy) is 1. The van der Waals surface area contributed by atoms with Gasteiger partial charge in [0.15, 0.2) is 0 Å². The Hall–Kier alpha value is -1.44. The Morgan fingerprint density at radius 2 is 1.95 bits per heavy atom. The van der Waals surface area contributed by atoms with Crippen molar-refractivity contribution in [3.8, 4) is 0 Å². The number of carbonyl (C=O) groups is 2. The third kappa shape index (κ3) is 7.79. The van der Waals surface area contributed by atoms with E-state index in [1.807, 2.05) is 24.3 Å². The molecule has 116 valence electrons. The standard InChI is InChI=1S/C14H20BrN3O3/c1-21-9-8-17-13(19)6-7-16-10-14(20)18-12-5-3-2-4-11(12)15/h2-5,16H,6-10H2,1H3,(H,17,19)(H,18,20). The number of methoxy groups -OCH3 is 1. The van der Waals surface area contributed by atoms with Gasteiger partial charge in [0.05, 0.1) is 18.8 Å². The van der Waals surface area contributed by atoms with Crippen LogP contribution in [0.25, 0.3) is 0 Å². The van der Waals surface area contributed by atoms with E-state index in [9.17, 15) is 9.59 Å². The third-order valence-corrected chi connectivity index (χ3v) is 3.28. The molecule has 0 saturated carbocycles. The second-order valence-electron chi connectivity index (χ2n) is 4.30. The minimum absolute atomic E-state index is 0.0641. The van der Waals surface area contributed by atoms with Gasteiger partial charge in [0.2, 0.25) is 11.8 Å². The molecule has 0 spiro atoms. The van der Waals surface area contributed by atoms with Crippen molar-refractivity contribution < 1.29 is 14.3 Å². The molecule has 7 heteroatoms. The summed E-state index contributed by atoms with van der Waals surface area (Å²) >= 11 is 3.36. The highest BCUT2D eigenvalue weighted by Crippen LogP contribution is 2.20. The Kier molecular flexibility index (Phi) is 8.65. The first-order chi connectivity index (χ1) is 10.1. The fourth-order valence-corrected chi connectivity index (χ4v) is 1.93. The van der Waals surface area contributed by atoms with Crippen molar-refractivity contribution in [3.63, 3.8) is 0 Å². The first kappa shape index (κ1) is 17.6. The number of anilines is 1. The quantitative estimate of drug-likeness (QED) is 0.579. The number of hydrogen-bond acceptors (Lipinski definition) is 4. The van der Waals surface area contributed by atoms with Crippen LogP contribution in [0.2, 0.25) is 0 Å². The highest BCUT2D eigenvalue weighted by molar-refractivity contribution is 9.10. The molecular weight excluding hydrogens is 338 g/mol. The molecule has 6 nitrogen and oxygen atoms in total. The van der Waals surface area contributed by atoms with E-state index < -0.39 is 0 Å². The zero-order valence-electron chi connectivity index (χ0n) is 11.9. The number of rotatable bonds is 9. The molecule has 0 radical (unpaired) electrons. The van der Waals surface area contributed by atoms with Gasteiger partial charge in [-0.1, -0.05) is 12.1 Å². The van der Waals surface area contributed by atoms with Crippen LogP contribution >= 0.6 is 15.9 Å². The van der Waals surface area contributed by atoms with E-state index in [-0.39, 0.29) is 18.4 Å². The Bertz CT molecular complexity index is 469. The van der Waals surface area contributed by atoms with Crippen LogP contribution in [0.4, 0.5) is 5.69 Å². The minimum atomic E-state index is -0.151. The number of benzene rings is 1. The lowest BCUT2D eigenvalue weighted by Crippen LogP contribution is -2.33. The second-order valence-corrected chi connectivity index (χ2v) is 5.15. The van der Waals surface area contributed by atoms with Crippen LogP contribution in [0.5, 0.6) is 0 Å². The van der Waals surface area contributed by atoms with Gasteiger partial charge in [0, 0.05) is 31.1 Å². The number of hydrogen-bond donors (Lipinski definition) is 3. The van der Waals surface area contributed by atoms with Gasteiger partial charge in [0.1, 0.15) is 0 Å². The summed E-state index contributed by atoms with van der Waals surface area (Å²) in [6.45, 7) is 1.60. The first-order valence-electron chi connectivity index (χ1n) is 6.64. The van der Waals surface area contributed by atoms with Crippen molar-refractivity contribution in [2.45, 2.75) is 6.42 Å². The van der Waals surface area contributed by atoms with Gasteiger partial charge < -0.3 is 20.7 Å². The van der Waals surface area contributed by atoms with Gasteiger partial charge in [-0.25, -0.2) is 0 Å². The molecule has 0 fully saturated rings. The summed E-state index contributed by atoms with van der Waals surface area (Å²) < 4.78 is 5.66. The molecule has 0 unspecified atom stereocenters. The predicted octanol–water partition coefficient (Wildman–Crippen LogP) is 1.13. The summed E-state index contributed by atoms with van der Waals surface area (Å²) in [7, 11) is 1.58. The van der Waals surface area contributed by atoms with Gasteiger partial charge in [-0.05, 0) is 28.1 Å². The second kappa shape index (κ2) is 10.3. The molecule has 2 amide bonds. The molecule has 0 aromatic heterocycles. The molecule has 0 aliphatic heterocycles. The van der Waals surface area contributed by atoms with Crippen LogP contribution in [0.1, 0.15) is 6.42 Å². The average molecular weight is 358 g/mol. The zero-order chi connectivity index (χ0) is 15.5. The molecule has 0 bridgehead atoms. The van der Waals surface area contributed by atoms with Crippen molar-refractivity contribution in [1.29, 1.82) is 0 Å². The van der Waals surface area contributed by atoms with Crippen LogP contribution in [0.15, 0.2) is 28.7 Å². The smallest absolute Gasteiger partial charge is 0.238 e. The van der Waals surface area contributed by atoms with E-state index in [1.54, 1.807) is 7.11 Å².